The van der Waals surface area contributed by atoms with Gasteiger partial charge in [-0.05, 0) is 29.8 Å². The van der Waals surface area contributed by atoms with Crippen LogP contribution in [0.2, 0.25) is 5.02 Å². The van der Waals surface area contributed by atoms with Crippen molar-refractivity contribution in [2.45, 2.75) is 12.5 Å². The minimum atomic E-state index is -0.340. The number of carbonyl (C=O) groups is 1. The third-order valence-corrected chi connectivity index (χ3v) is 3.68. The molecule has 1 amide bonds. The highest BCUT2D eigenvalue weighted by molar-refractivity contribution is 6.31. The molecule has 104 valence electrons. The molecular weight excluding hydrogens is 286 g/mol. The zero-order chi connectivity index (χ0) is 14.8. The van der Waals surface area contributed by atoms with E-state index in [2.05, 4.69) is 10.6 Å². The number of nitrogens with zero attached hydrogens (tertiary/aromatic N) is 1. The molecule has 4 nitrogen and oxygen atoms in total. The van der Waals surface area contributed by atoms with Crippen LogP contribution >= 0.6 is 11.6 Å². The van der Waals surface area contributed by atoms with Crippen LogP contribution in [0.15, 0.2) is 42.5 Å². The zero-order valence-electron chi connectivity index (χ0n) is 11.1. The maximum absolute atomic E-state index is 12.3. The second-order valence-corrected chi connectivity index (χ2v) is 5.29. The van der Waals surface area contributed by atoms with Gasteiger partial charge in [0.15, 0.2) is 0 Å². The molecule has 0 unspecified atom stereocenters. The molecular formula is C16H12ClN3O. The van der Waals surface area contributed by atoms with Gasteiger partial charge < -0.3 is 10.6 Å². The maximum Gasteiger partial charge on any atom is 0.247 e. The zero-order valence-corrected chi connectivity index (χ0v) is 11.8. The summed E-state index contributed by atoms with van der Waals surface area (Å²) in [6.45, 7) is 0. The Balaban J connectivity index is 1.77. The van der Waals surface area contributed by atoms with Gasteiger partial charge in [0.25, 0.3) is 0 Å². The van der Waals surface area contributed by atoms with E-state index in [1.165, 1.54) is 0 Å². The number of hydrogen-bond acceptors (Lipinski definition) is 3. The van der Waals surface area contributed by atoms with Crippen molar-refractivity contribution in [1.29, 1.82) is 5.26 Å². The predicted octanol–water partition coefficient (Wildman–Crippen LogP) is 3.19. The summed E-state index contributed by atoms with van der Waals surface area (Å²) < 4.78 is 0. The second-order valence-electron chi connectivity index (χ2n) is 4.85. The van der Waals surface area contributed by atoms with Crippen molar-refractivity contribution in [3.8, 4) is 6.07 Å². The van der Waals surface area contributed by atoms with Gasteiger partial charge in [0.05, 0.1) is 11.3 Å². The standard InChI is InChI=1S/C16H12ClN3O/c17-12-6-5-11(9-18)14(8-12)20-16(21)15-7-10-3-1-2-4-13(10)19-15/h1-6,8,15,19H,7H2,(H,20,21)/t15-/m0/s1. The van der Waals surface area contributed by atoms with Crippen LogP contribution in [0.3, 0.4) is 0 Å². The van der Waals surface area contributed by atoms with E-state index in [0.717, 1.165) is 11.3 Å². The lowest BCUT2D eigenvalue weighted by Gasteiger charge is -2.13. The Morgan fingerprint density at radius 2 is 2.14 bits per heavy atom. The first-order valence-electron chi connectivity index (χ1n) is 6.52. The molecule has 0 aliphatic carbocycles. The van der Waals surface area contributed by atoms with E-state index >= 15 is 0 Å². The van der Waals surface area contributed by atoms with Crippen molar-refractivity contribution in [2.24, 2.45) is 0 Å². The Kier molecular flexibility index (Phi) is 3.51. The first kappa shape index (κ1) is 13.5. The summed E-state index contributed by atoms with van der Waals surface area (Å²) in [5, 5.41) is 15.5. The lowest BCUT2D eigenvalue weighted by atomic mass is 10.1. The number of rotatable bonds is 2. The molecule has 0 spiro atoms. The molecule has 2 aromatic carbocycles. The second kappa shape index (κ2) is 5.47. The van der Waals surface area contributed by atoms with E-state index in [4.69, 9.17) is 16.9 Å². The smallest absolute Gasteiger partial charge is 0.247 e. The van der Waals surface area contributed by atoms with Gasteiger partial charge in [0.1, 0.15) is 12.1 Å². The molecule has 21 heavy (non-hydrogen) atoms. The Hall–Kier alpha value is -2.51. The Labute approximate surface area is 127 Å². The fourth-order valence-electron chi connectivity index (χ4n) is 2.39. The van der Waals surface area contributed by atoms with Crippen LogP contribution in [0.5, 0.6) is 0 Å². The first-order valence-corrected chi connectivity index (χ1v) is 6.90. The van der Waals surface area contributed by atoms with Crippen LogP contribution in [0.4, 0.5) is 11.4 Å². The molecule has 0 saturated heterocycles. The topological polar surface area (TPSA) is 64.9 Å². The Morgan fingerprint density at radius 1 is 1.33 bits per heavy atom. The minimum Gasteiger partial charge on any atom is -0.373 e. The van der Waals surface area contributed by atoms with E-state index < -0.39 is 0 Å². The quantitative estimate of drug-likeness (QED) is 0.894. The summed E-state index contributed by atoms with van der Waals surface area (Å²) in [7, 11) is 0. The third-order valence-electron chi connectivity index (χ3n) is 3.45. The van der Waals surface area contributed by atoms with E-state index in [1.54, 1.807) is 18.2 Å². The van der Waals surface area contributed by atoms with Crippen molar-refractivity contribution in [3.05, 3.63) is 58.6 Å². The molecule has 0 bridgehead atoms. The molecule has 1 aliphatic heterocycles. The van der Waals surface area contributed by atoms with Crippen LogP contribution in [0.1, 0.15) is 11.1 Å². The van der Waals surface area contributed by atoms with Gasteiger partial charge in [-0.2, -0.15) is 5.26 Å². The maximum atomic E-state index is 12.3. The molecule has 0 radical (unpaired) electrons. The van der Waals surface area contributed by atoms with Gasteiger partial charge in [-0.3, -0.25) is 4.79 Å². The van der Waals surface area contributed by atoms with Crippen molar-refractivity contribution < 1.29 is 4.79 Å². The number of hydrogen-bond donors (Lipinski definition) is 2. The first-order chi connectivity index (χ1) is 10.2. The minimum absolute atomic E-state index is 0.176. The number of fused-ring (bicyclic) bond motifs is 1. The molecule has 1 aliphatic rings. The molecule has 0 fully saturated rings. The van der Waals surface area contributed by atoms with E-state index in [9.17, 15) is 4.79 Å². The SMILES string of the molecule is N#Cc1ccc(Cl)cc1NC(=O)[C@@H]1Cc2ccccc2N1. The summed E-state index contributed by atoms with van der Waals surface area (Å²) in [4.78, 5) is 12.3. The Bertz CT molecular complexity index is 726. The number of para-hydroxylation sites is 1. The summed E-state index contributed by atoms with van der Waals surface area (Å²) in [5.41, 5.74) is 2.92. The average Bonchev–Trinajstić information content (AvgIpc) is 2.91. The average molecular weight is 298 g/mol. The normalized spacial score (nSPS) is 15.7. The highest BCUT2D eigenvalue weighted by Crippen LogP contribution is 2.26. The molecule has 0 aromatic heterocycles. The summed E-state index contributed by atoms with van der Waals surface area (Å²) in [5.74, 6) is -0.176. The number of halogens is 1. The molecule has 0 saturated carbocycles. The number of amides is 1. The van der Waals surface area contributed by atoms with Crippen LogP contribution in [-0.2, 0) is 11.2 Å². The highest BCUT2D eigenvalue weighted by Gasteiger charge is 2.26. The van der Waals surface area contributed by atoms with Crippen LogP contribution < -0.4 is 10.6 Å². The molecule has 2 N–H and O–H groups in total. The van der Waals surface area contributed by atoms with Crippen molar-refractivity contribution >= 4 is 28.9 Å². The summed E-state index contributed by atoms with van der Waals surface area (Å²) >= 11 is 5.91. The van der Waals surface area contributed by atoms with Gasteiger partial charge in [-0.15, -0.1) is 0 Å². The number of carbonyl (C=O) groups excluding carboxylic acids is 1. The van der Waals surface area contributed by atoms with Gasteiger partial charge in [-0.25, -0.2) is 0 Å². The molecule has 1 atom stereocenters. The van der Waals surface area contributed by atoms with E-state index in [-0.39, 0.29) is 11.9 Å². The predicted molar refractivity (Wildman–Crippen MR) is 82.4 cm³/mol. The van der Waals surface area contributed by atoms with Crippen molar-refractivity contribution in [3.63, 3.8) is 0 Å². The lowest BCUT2D eigenvalue weighted by Crippen LogP contribution is -2.33. The molecule has 5 heteroatoms. The monoisotopic (exact) mass is 297 g/mol. The van der Waals surface area contributed by atoms with Gasteiger partial charge >= 0.3 is 0 Å². The molecule has 3 rings (SSSR count). The highest BCUT2D eigenvalue weighted by atomic mass is 35.5. The molecule has 2 aromatic rings. The third kappa shape index (κ3) is 2.69. The number of benzene rings is 2. The number of nitrogens with one attached hydrogen (secondary N) is 2. The van der Waals surface area contributed by atoms with Crippen LogP contribution in [0.25, 0.3) is 0 Å². The van der Waals surface area contributed by atoms with Gasteiger partial charge in [0.2, 0.25) is 5.91 Å². The van der Waals surface area contributed by atoms with Crippen LogP contribution in [-0.4, -0.2) is 11.9 Å². The van der Waals surface area contributed by atoms with Gasteiger partial charge in [0, 0.05) is 17.1 Å². The van der Waals surface area contributed by atoms with E-state index in [1.807, 2.05) is 30.3 Å². The fraction of sp³-hybridized carbons (Fsp3) is 0.125. The van der Waals surface area contributed by atoms with E-state index in [0.29, 0.717) is 22.7 Å². The van der Waals surface area contributed by atoms with Crippen molar-refractivity contribution in [1.82, 2.24) is 0 Å². The largest absolute Gasteiger partial charge is 0.373 e. The number of nitriles is 1. The summed E-state index contributed by atoms with van der Waals surface area (Å²) in [6, 6.07) is 14.3. The lowest BCUT2D eigenvalue weighted by molar-refractivity contribution is -0.116. The van der Waals surface area contributed by atoms with Gasteiger partial charge in [-0.1, -0.05) is 29.8 Å². The fourth-order valence-corrected chi connectivity index (χ4v) is 2.57. The van der Waals surface area contributed by atoms with Crippen molar-refractivity contribution in [2.75, 3.05) is 10.6 Å². The molecule has 1 heterocycles. The number of anilines is 2. The van der Waals surface area contributed by atoms with Crippen LogP contribution in [0, 0.1) is 11.3 Å². The summed E-state index contributed by atoms with van der Waals surface area (Å²) in [6.07, 6.45) is 0.629. The Morgan fingerprint density at radius 3 is 2.90 bits per heavy atom.